The largest absolute Gasteiger partial charge is 0.493 e. The topological polar surface area (TPSA) is 66.8 Å². The number of amides is 1. The standard InChI is InChI=1S/C17H21NO4/c1-11-6-7-12(17(20)21)10-18(11)16(19)14-8-9-22-15-5-3-2-4-13(14)15/h2-5,11-12,14H,6-10H2,1H3,(H,20,21). The number of ether oxygens (including phenoxy) is 1. The number of carbonyl (C=O) groups excluding carboxylic acids is 1. The van der Waals surface area contributed by atoms with E-state index in [0.29, 0.717) is 26.0 Å². The van der Waals surface area contributed by atoms with Gasteiger partial charge in [0.15, 0.2) is 0 Å². The fourth-order valence-electron chi connectivity index (χ4n) is 3.41. The molecule has 3 rings (SSSR count). The Balaban J connectivity index is 1.83. The molecule has 0 aliphatic carbocycles. The minimum atomic E-state index is -0.808. The molecule has 3 unspecified atom stereocenters. The smallest absolute Gasteiger partial charge is 0.308 e. The lowest BCUT2D eigenvalue weighted by molar-refractivity contribution is -0.147. The average Bonchev–Trinajstić information content (AvgIpc) is 2.54. The number of carboxylic acids is 1. The number of piperidine rings is 1. The van der Waals surface area contributed by atoms with Crippen LogP contribution >= 0.6 is 0 Å². The minimum absolute atomic E-state index is 0.0363. The van der Waals surface area contributed by atoms with Crippen molar-refractivity contribution in [2.45, 2.75) is 38.1 Å². The number of benzene rings is 1. The first-order valence-corrected chi connectivity index (χ1v) is 7.83. The molecule has 2 heterocycles. The number of hydrogen-bond donors (Lipinski definition) is 1. The molecule has 2 aliphatic rings. The van der Waals surface area contributed by atoms with Crippen LogP contribution < -0.4 is 4.74 Å². The zero-order chi connectivity index (χ0) is 15.7. The Kier molecular flexibility index (Phi) is 4.05. The number of aliphatic carboxylic acids is 1. The van der Waals surface area contributed by atoms with E-state index in [4.69, 9.17) is 4.74 Å². The maximum Gasteiger partial charge on any atom is 0.308 e. The second kappa shape index (κ2) is 5.99. The minimum Gasteiger partial charge on any atom is -0.493 e. The molecule has 0 bridgehead atoms. The predicted molar refractivity (Wildman–Crippen MR) is 80.8 cm³/mol. The predicted octanol–water partition coefficient (Wildman–Crippen LogP) is 2.26. The summed E-state index contributed by atoms with van der Waals surface area (Å²) in [5, 5.41) is 9.23. The lowest BCUT2D eigenvalue weighted by Crippen LogP contribution is -2.49. The first kappa shape index (κ1) is 14.9. The first-order valence-electron chi connectivity index (χ1n) is 7.83. The molecular formula is C17H21NO4. The number of para-hydroxylation sites is 1. The Morgan fingerprint density at radius 3 is 2.77 bits per heavy atom. The van der Waals surface area contributed by atoms with Crippen molar-refractivity contribution in [3.05, 3.63) is 29.8 Å². The van der Waals surface area contributed by atoms with Crippen LogP contribution in [-0.4, -0.2) is 41.1 Å². The molecule has 0 aromatic heterocycles. The highest BCUT2D eigenvalue weighted by atomic mass is 16.5. The van der Waals surface area contributed by atoms with Gasteiger partial charge in [0.1, 0.15) is 5.75 Å². The SMILES string of the molecule is CC1CCC(C(=O)O)CN1C(=O)C1CCOc2ccccc21. The average molecular weight is 303 g/mol. The van der Waals surface area contributed by atoms with Gasteiger partial charge in [-0.25, -0.2) is 0 Å². The summed E-state index contributed by atoms with van der Waals surface area (Å²) in [4.78, 5) is 26.0. The summed E-state index contributed by atoms with van der Waals surface area (Å²) in [6, 6.07) is 7.72. The summed E-state index contributed by atoms with van der Waals surface area (Å²) in [5.41, 5.74) is 0.920. The summed E-state index contributed by atoms with van der Waals surface area (Å²) >= 11 is 0. The molecule has 1 aromatic rings. The summed E-state index contributed by atoms with van der Waals surface area (Å²) in [7, 11) is 0. The maximum absolute atomic E-state index is 13.0. The Morgan fingerprint density at radius 1 is 1.23 bits per heavy atom. The van der Waals surface area contributed by atoms with Crippen molar-refractivity contribution in [1.82, 2.24) is 4.90 Å². The monoisotopic (exact) mass is 303 g/mol. The zero-order valence-corrected chi connectivity index (χ0v) is 12.7. The van der Waals surface area contributed by atoms with Crippen molar-refractivity contribution in [1.29, 1.82) is 0 Å². The molecule has 0 spiro atoms. The van der Waals surface area contributed by atoms with Gasteiger partial charge in [-0.1, -0.05) is 18.2 Å². The van der Waals surface area contributed by atoms with Crippen LogP contribution in [0.3, 0.4) is 0 Å². The molecule has 118 valence electrons. The second-order valence-electron chi connectivity index (χ2n) is 6.18. The highest BCUT2D eigenvalue weighted by Crippen LogP contribution is 2.36. The third kappa shape index (κ3) is 2.67. The van der Waals surface area contributed by atoms with Crippen LogP contribution in [0.4, 0.5) is 0 Å². The van der Waals surface area contributed by atoms with Crippen LogP contribution in [0, 0.1) is 5.92 Å². The highest BCUT2D eigenvalue weighted by Gasteiger charge is 2.37. The van der Waals surface area contributed by atoms with Crippen molar-refractivity contribution in [3.8, 4) is 5.75 Å². The van der Waals surface area contributed by atoms with Crippen LogP contribution in [-0.2, 0) is 9.59 Å². The Labute approximate surface area is 129 Å². The van der Waals surface area contributed by atoms with Crippen molar-refractivity contribution < 1.29 is 19.4 Å². The molecule has 22 heavy (non-hydrogen) atoms. The molecule has 1 saturated heterocycles. The number of hydrogen-bond acceptors (Lipinski definition) is 3. The van der Waals surface area contributed by atoms with Gasteiger partial charge in [-0.2, -0.15) is 0 Å². The van der Waals surface area contributed by atoms with Gasteiger partial charge in [0.05, 0.1) is 18.4 Å². The van der Waals surface area contributed by atoms with E-state index in [1.165, 1.54) is 0 Å². The molecule has 3 atom stereocenters. The summed E-state index contributed by atoms with van der Waals surface area (Å²) < 4.78 is 5.61. The van der Waals surface area contributed by atoms with Gasteiger partial charge in [-0.3, -0.25) is 9.59 Å². The molecule has 0 radical (unpaired) electrons. The van der Waals surface area contributed by atoms with Crippen molar-refractivity contribution in [3.63, 3.8) is 0 Å². The lowest BCUT2D eigenvalue weighted by atomic mass is 9.88. The zero-order valence-electron chi connectivity index (χ0n) is 12.7. The normalized spacial score (nSPS) is 27.7. The van der Waals surface area contributed by atoms with E-state index < -0.39 is 11.9 Å². The van der Waals surface area contributed by atoms with E-state index in [1.807, 2.05) is 31.2 Å². The highest BCUT2D eigenvalue weighted by molar-refractivity contribution is 5.86. The number of rotatable bonds is 2. The van der Waals surface area contributed by atoms with Crippen molar-refractivity contribution in [2.75, 3.05) is 13.2 Å². The van der Waals surface area contributed by atoms with Crippen LogP contribution in [0.2, 0.25) is 0 Å². The molecule has 5 heteroatoms. The number of carbonyl (C=O) groups is 2. The van der Waals surface area contributed by atoms with Crippen molar-refractivity contribution in [2.24, 2.45) is 5.92 Å². The molecule has 1 fully saturated rings. The van der Waals surface area contributed by atoms with Gasteiger partial charge in [0.2, 0.25) is 5.91 Å². The summed E-state index contributed by atoms with van der Waals surface area (Å²) in [5.74, 6) is -0.673. The second-order valence-corrected chi connectivity index (χ2v) is 6.18. The molecule has 2 aliphatic heterocycles. The van der Waals surface area contributed by atoms with Crippen LogP contribution in [0.25, 0.3) is 0 Å². The quantitative estimate of drug-likeness (QED) is 0.910. The van der Waals surface area contributed by atoms with Crippen LogP contribution in [0.5, 0.6) is 5.75 Å². The van der Waals surface area contributed by atoms with E-state index in [0.717, 1.165) is 17.7 Å². The summed E-state index contributed by atoms with van der Waals surface area (Å²) in [6.45, 7) is 2.84. The molecule has 1 amide bonds. The van der Waals surface area contributed by atoms with Gasteiger partial charge < -0.3 is 14.7 Å². The Bertz CT molecular complexity index is 586. The number of nitrogens with zero attached hydrogens (tertiary/aromatic N) is 1. The fourth-order valence-corrected chi connectivity index (χ4v) is 3.41. The lowest BCUT2D eigenvalue weighted by Gasteiger charge is -2.39. The van der Waals surface area contributed by atoms with Gasteiger partial charge in [-0.05, 0) is 32.3 Å². The van der Waals surface area contributed by atoms with E-state index in [1.54, 1.807) is 4.90 Å². The van der Waals surface area contributed by atoms with Gasteiger partial charge >= 0.3 is 5.97 Å². The Hall–Kier alpha value is -2.04. The van der Waals surface area contributed by atoms with Gasteiger partial charge in [-0.15, -0.1) is 0 Å². The number of carboxylic acid groups (broad SMARTS) is 1. The van der Waals surface area contributed by atoms with E-state index in [2.05, 4.69) is 0 Å². The third-order valence-corrected chi connectivity index (χ3v) is 4.77. The third-order valence-electron chi connectivity index (χ3n) is 4.77. The van der Waals surface area contributed by atoms with Crippen LogP contribution in [0.1, 0.15) is 37.7 Å². The summed E-state index contributed by atoms with van der Waals surface area (Å²) in [6.07, 6.45) is 2.04. The Morgan fingerprint density at radius 2 is 2.00 bits per heavy atom. The molecule has 1 N–H and O–H groups in total. The fraction of sp³-hybridized carbons (Fsp3) is 0.529. The first-order chi connectivity index (χ1) is 10.6. The van der Waals surface area contributed by atoms with Gasteiger partial charge in [0.25, 0.3) is 0 Å². The van der Waals surface area contributed by atoms with Gasteiger partial charge in [0, 0.05) is 18.2 Å². The van der Waals surface area contributed by atoms with Crippen LogP contribution in [0.15, 0.2) is 24.3 Å². The van der Waals surface area contributed by atoms with Crippen molar-refractivity contribution >= 4 is 11.9 Å². The molecule has 1 aromatic carbocycles. The molecule has 0 saturated carbocycles. The molecule has 5 nitrogen and oxygen atoms in total. The number of fused-ring (bicyclic) bond motifs is 1. The molecular weight excluding hydrogens is 282 g/mol. The van der Waals surface area contributed by atoms with E-state index in [-0.39, 0.29) is 17.9 Å². The maximum atomic E-state index is 13.0. The van der Waals surface area contributed by atoms with E-state index >= 15 is 0 Å². The van der Waals surface area contributed by atoms with E-state index in [9.17, 15) is 14.7 Å². The number of likely N-dealkylation sites (tertiary alicyclic amines) is 1.